The maximum Gasteiger partial charge on any atom is 0.338 e. The number of fused-ring (bicyclic) bond motifs is 1. The molecule has 0 N–H and O–H groups in total. The predicted octanol–water partition coefficient (Wildman–Crippen LogP) is 4.35. The zero-order valence-electron chi connectivity index (χ0n) is 15.1. The SMILES string of the molecule is C=COc1cc(C(=O)OCC)cc2c1nc(CC)n2Cc1ccccc1. The van der Waals surface area contributed by atoms with Crippen LogP contribution in [0.1, 0.15) is 35.6 Å². The second-order valence-corrected chi connectivity index (χ2v) is 5.80. The van der Waals surface area contributed by atoms with E-state index in [1.165, 1.54) is 6.26 Å². The van der Waals surface area contributed by atoms with Gasteiger partial charge in [0.25, 0.3) is 0 Å². The van der Waals surface area contributed by atoms with E-state index >= 15 is 0 Å². The van der Waals surface area contributed by atoms with Crippen LogP contribution >= 0.6 is 0 Å². The van der Waals surface area contributed by atoms with Crippen LogP contribution in [0.3, 0.4) is 0 Å². The Bertz CT molecular complexity index is 929. The zero-order chi connectivity index (χ0) is 18.5. The van der Waals surface area contributed by atoms with Gasteiger partial charge in [0.2, 0.25) is 0 Å². The quantitative estimate of drug-likeness (QED) is 0.470. The van der Waals surface area contributed by atoms with E-state index in [4.69, 9.17) is 14.5 Å². The van der Waals surface area contributed by atoms with Crippen molar-refractivity contribution >= 4 is 17.0 Å². The van der Waals surface area contributed by atoms with Crippen molar-refractivity contribution in [1.82, 2.24) is 9.55 Å². The van der Waals surface area contributed by atoms with Crippen molar-refractivity contribution in [3.05, 3.63) is 72.3 Å². The lowest BCUT2D eigenvalue weighted by atomic mass is 10.1. The van der Waals surface area contributed by atoms with Crippen molar-refractivity contribution in [2.45, 2.75) is 26.8 Å². The van der Waals surface area contributed by atoms with Crippen molar-refractivity contribution in [2.24, 2.45) is 0 Å². The van der Waals surface area contributed by atoms with Gasteiger partial charge in [-0.3, -0.25) is 0 Å². The number of aromatic nitrogens is 2. The fourth-order valence-electron chi connectivity index (χ4n) is 2.96. The van der Waals surface area contributed by atoms with Gasteiger partial charge in [0.1, 0.15) is 11.3 Å². The number of benzene rings is 2. The van der Waals surface area contributed by atoms with Crippen LogP contribution in [0.4, 0.5) is 0 Å². The summed E-state index contributed by atoms with van der Waals surface area (Å²) in [5, 5.41) is 0. The first kappa shape index (κ1) is 17.7. The van der Waals surface area contributed by atoms with Gasteiger partial charge in [-0.2, -0.15) is 0 Å². The van der Waals surface area contributed by atoms with Crippen LogP contribution in [-0.2, 0) is 17.7 Å². The number of esters is 1. The minimum Gasteiger partial charge on any atom is -0.463 e. The summed E-state index contributed by atoms with van der Waals surface area (Å²) in [6, 6.07) is 13.6. The van der Waals surface area contributed by atoms with Gasteiger partial charge < -0.3 is 14.0 Å². The number of carbonyl (C=O) groups excluding carboxylic acids is 1. The van der Waals surface area contributed by atoms with Gasteiger partial charge >= 0.3 is 5.97 Å². The van der Waals surface area contributed by atoms with Gasteiger partial charge in [0, 0.05) is 13.0 Å². The highest BCUT2D eigenvalue weighted by Gasteiger charge is 2.18. The Kier molecular flexibility index (Phi) is 5.37. The van der Waals surface area contributed by atoms with Crippen molar-refractivity contribution in [3.63, 3.8) is 0 Å². The summed E-state index contributed by atoms with van der Waals surface area (Å²) in [5.74, 6) is 1.05. The summed E-state index contributed by atoms with van der Waals surface area (Å²) in [6.07, 6.45) is 2.11. The molecule has 0 saturated carbocycles. The number of carbonyl (C=O) groups is 1. The summed E-state index contributed by atoms with van der Waals surface area (Å²) in [5.41, 5.74) is 3.15. The van der Waals surface area contributed by atoms with E-state index in [9.17, 15) is 4.79 Å². The number of aryl methyl sites for hydroxylation is 1. The largest absolute Gasteiger partial charge is 0.463 e. The molecular formula is C21H22N2O3. The first-order valence-corrected chi connectivity index (χ1v) is 8.69. The van der Waals surface area contributed by atoms with Crippen LogP contribution in [0.15, 0.2) is 55.3 Å². The van der Waals surface area contributed by atoms with E-state index < -0.39 is 0 Å². The normalized spacial score (nSPS) is 10.7. The molecule has 0 aliphatic rings. The zero-order valence-corrected chi connectivity index (χ0v) is 15.1. The second-order valence-electron chi connectivity index (χ2n) is 5.80. The van der Waals surface area contributed by atoms with Gasteiger partial charge in [-0.25, -0.2) is 9.78 Å². The van der Waals surface area contributed by atoms with Gasteiger partial charge in [0.15, 0.2) is 5.75 Å². The summed E-state index contributed by atoms with van der Waals surface area (Å²) < 4.78 is 12.8. The Labute approximate surface area is 152 Å². The van der Waals surface area contributed by atoms with Crippen LogP contribution in [0.2, 0.25) is 0 Å². The van der Waals surface area contributed by atoms with Crippen LogP contribution in [0.5, 0.6) is 5.75 Å². The molecule has 5 heteroatoms. The van der Waals surface area contributed by atoms with Crippen LogP contribution in [0, 0.1) is 0 Å². The van der Waals surface area contributed by atoms with Crippen molar-refractivity contribution in [2.75, 3.05) is 6.61 Å². The van der Waals surface area contributed by atoms with Crippen molar-refractivity contribution in [1.29, 1.82) is 0 Å². The molecule has 0 bridgehead atoms. The van der Waals surface area contributed by atoms with Crippen LogP contribution in [-0.4, -0.2) is 22.1 Å². The molecule has 5 nitrogen and oxygen atoms in total. The minimum atomic E-state index is -0.381. The summed E-state index contributed by atoms with van der Waals surface area (Å²) in [6.45, 7) is 8.44. The molecule has 3 rings (SSSR count). The number of hydrogen-bond donors (Lipinski definition) is 0. The third-order valence-corrected chi connectivity index (χ3v) is 4.12. The van der Waals surface area contributed by atoms with Crippen LogP contribution in [0.25, 0.3) is 11.0 Å². The average molecular weight is 350 g/mol. The highest BCUT2D eigenvalue weighted by atomic mass is 16.5. The molecule has 0 amide bonds. The summed E-state index contributed by atoms with van der Waals surface area (Å²) >= 11 is 0. The number of rotatable bonds is 7. The van der Waals surface area contributed by atoms with E-state index in [1.54, 1.807) is 13.0 Å². The topological polar surface area (TPSA) is 53.4 Å². The maximum atomic E-state index is 12.3. The number of imidazole rings is 1. The lowest BCUT2D eigenvalue weighted by molar-refractivity contribution is 0.0526. The Morgan fingerprint density at radius 3 is 2.65 bits per heavy atom. The molecule has 2 aromatic carbocycles. The molecule has 0 aliphatic carbocycles. The molecular weight excluding hydrogens is 328 g/mol. The molecule has 134 valence electrons. The molecule has 0 saturated heterocycles. The first-order valence-electron chi connectivity index (χ1n) is 8.69. The molecule has 0 atom stereocenters. The molecule has 0 aliphatic heterocycles. The molecule has 1 aromatic heterocycles. The van der Waals surface area contributed by atoms with Gasteiger partial charge in [-0.15, -0.1) is 0 Å². The highest BCUT2D eigenvalue weighted by molar-refractivity contribution is 5.96. The number of nitrogens with zero attached hydrogens (tertiary/aromatic N) is 2. The lowest BCUT2D eigenvalue weighted by Gasteiger charge is -2.10. The van der Waals surface area contributed by atoms with E-state index in [1.807, 2.05) is 24.3 Å². The van der Waals surface area contributed by atoms with Crippen LogP contribution < -0.4 is 4.74 Å². The smallest absolute Gasteiger partial charge is 0.338 e. The Morgan fingerprint density at radius 1 is 1.23 bits per heavy atom. The van der Waals surface area contributed by atoms with E-state index in [2.05, 4.69) is 30.2 Å². The van der Waals surface area contributed by atoms with Gasteiger partial charge in [0.05, 0.1) is 23.9 Å². The molecule has 26 heavy (non-hydrogen) atoms. The minimum absolute atomic E-state index is 0.317. The van der Waals surface area contributed by atoms with Gasteiger partial charge in [-0.05, 0) is 24.6 Å². The second kappa shape index (κ2) is 7.87. The number of ether oxygens (including phenoxy) is 2. The van der Waals surface area contributed by atoms with E-state index in [0.717, 1.165) is 23.3 Å². The summed E-state index contributed by atoms with van der Waals surface area (Å²) in [4.78, 5) is 17.0. The Balaban J connectivity index is 2.18. The molecule has 0 spiro atoms. The molecule has 0 fully saturated rings. The Hall–Kier alpha value is -3.08. The average Bonchev–Trinajstić information content (AvgIpc) is 3.01. The molecule has 0 radical (unpaired) electrons. The standard InChI is InChI=1S/C21H22N2O3/c1-4-19-22-20-17(23(19)14-15-10-8-7-9-11-15)12-16(21(24)26-6-3)13-18(20)25-5-2/h5,7-13H,2,4,6,14H2,1,3H3. The fraction of sp³-hybridized carbons (Fsp3) is 0.238. The predicted molar refractivity (Wildman–Crippen MR) is 101 cm³/mol. The third kappa shape index (κ3) is 3.47. The highest BCUT2D eigenvalue weighted by Crippen LogP contribution is 2.30. The summed E-state index contributed by atoms with van der Waals surface area (Å²) in [7, 11) is 0. The number of hydrogen-bond acceptors (Lipinski definition) is 4. The van der Waals surface area contributed by atoms with E-state index in [-0.39, 0.29) is 5.97 Å². The molecule has 1 heterocycles. The van der Waals surface area contributed by atoms with Crippen molar-refractivity contribution in [3.8, 4) is 5.75 Å². The maximum absolute atomic E-state index is 12.3. The fourth-order valence-corrected chi connectivity index (χ4v) is 2.96. The van der Waals surface area contributed by atoms with Gasteiger partial charge in [-0.1, -0.05) is 43.8 Å². The molecule has 0 unspecified atom stereocenters. The molecule has 3 aromatic rings. The lowest BCUT2D eigenvalue weighted by Crippen LogP contribution is -2.07. The monoisotopic (exact) mass is 350 g/mol. The Morgan fingerprint density at radius 2 is 2.00 bits per heavy atom. The first-order chi connectivity index (χ1) is 12.7. The third-order valence-electron chi connectivity index (χ3n) is 4.12. The van der Waals surface area contributed by atoms with Crippen molar-refractivity contribution < 1.29 is 14.3 Å². The van der Waals surface area contributed by atoms with E-state index in [0.29, 0.717) is 30.0 Å².